The summed E-state index contributed by atoms with van der Waals surface area (Å²) in [6.07, 6.45) is 4.92. The normalized spacial score (nSPS) is 21.7. The third kappa shape index (κ3) is 6.56. The molecule has 8 heteroatoms. The Hall–Kier alpha value is -3.10. The van der Waals surface area contributed by atoms with Gasteiger partial charge in [0.15, 0.2) is 17.2 Å². The molecule has 1 amide bonds. The lowest BCUT2D eigenvalue weighted by Crippen LogP contribution is -2.68. The summed E-state index contributed by atoms with van der Waals surface area (Å²) in [7, 11) is 3.95. The number of aromatic nitrogens is 1. The fourth-order valence-corrected chi connectivity index (χ4v) is 6.03. The number of primary amides is 1. The number of ether oxygens (including phenoxy) is 1. The molecule has 4 rings (SSSR count). The Morgan fingerprint density at radius 3 is 2.64 bits per heavy atom. The predicted octanol–water partition coefficient (Wildman–Crippen LogP) is 4.94. The molecule has 1 aliphatic carbocycles. The van der Waals surface area contributed by atoms with E-state index in [0.29, 0.717) is 41.9 Å². The number of aryl methyl sites for hydroxylation is 1. The van der Waals surface area contributed by atoms with Gasteiger partial charge in [0.05, 0.1) is 14.1 Å². The highest BCUT2D eigenvalue weighted by atomic mass is 19.2. The van der Waals surface area contributed by atoms with E-state index in [0.717, 1.165) is 48.2 Å². The Balaban J connectivity index is 1.45. The maximum absolute atomic E-state index is 13.7. The SMILES string of the molecule is CCCCc1cc2ccccc2c(OCC[N+](C)(C)[C@H]2CCC(Cc3ccc(F)c(F)c3)C[C@@]2(O)C(N)=O)n1. The van der Waals surface area contributed by atoms with E-state index in [1.165, 1.54) is 6.07 Å². The number of likely N-dealkylation sites (N-methyl/N-ethyl adjacent to an activating group) is 1. The number of carbonyl (C=O) groups excluding carboxylic acids is 1. The Labute approximate surface area is 229 Å². The second kappa shape index (κ2) is 12.0. The largest absolute Gasteiger partial charge is 0.471 e. The van der Waals surface area contributed by atoms with Crippen LogP contribution in [0.3, 0.4) is 0 Å². The second-order valence-electron chi connectivity index (χ2n) is 11.5. The molecule has 0 saturated heterocycles. The Morgan fingerprint density at radius 1 is 1.15 bits per heavy atom. The third-order valence-electron chi connectivity index (χ3n) is 8.23. The quantitative estimate of drug-likeness (QED) is 0.338. The van der Waals surface area contributed by atoms with E-state index in [1.54, 1.807) is 6.07 Å². The van der Waals surface area contributed by atoms with Gasteiger partial charge >= 0.3 is 0 Å². The molecule has 1 heterocycles. The van der Waals surface area contributed by atoms with Gasteiger partial charge in [0, 0.05) is 17.5 Å². The van der Waals surface area contributed by atoms with E-state index in [4.69, 9.17) is 15.5 Å². The number of carbonyl (C=O) groups is 1. The molecular formula is C31H40F2N3O3+. The average Bonchev–Trinajstić information content (AvgIpc) is 2.89. The molecule has 210 valence electrons. The summed E-state index contributed by atoms with van der Waals surface area (Å²) in [5, 5.41) is 13.6. The van der Waals surface area contributed by atoms with E-state index in [1.807, 2.05) is 32.3 Å². The minimum atomic E-state index is -1.73. The summed E-state index contributed by atoms with van der Waals surface area (Å²) in [6.45, 7) is 3.04. The molecule has 0 bridgehead atoms. The number of amides is 1. The summed E-state index contributed by atoms with van der Waals surface area (Å²) in [4.78, 5) is 17.4. The lowest BCUT2D eigenvalue weighted by Gasteiger charge is -2.49. The summed E-state index contributed by atoms with van der Waals surface area (Å²) in [5.74, 6) is -2.04. The van der Waals surface area contributed by atoms with Gasteiger partial charge in [-0.15, -0.1) is 0 Å². The first kappa shape index (κ1) is 28.9. The Bertz CT molecular complexity index is 1320. The van der Waals surface area contributed by atoms with Crippen molar-refractivity contribution in [3.05, 3.63) is 71.4 Å². The highest BCUT2D eigenvalue weighted by Crippen LogP contribution is 2.39. The highest BCUT2D eigenvalue weighted by Gasteiger charge is 2.54. The number of hydrogen-bond donors (Lipinski definition) is 2. The Kier molecular flexibility index (Phi) is 8.86. The van der Waals surface area contributed by atoms with Crippen molar-refractivity contribution < 1.29 is 27.9 Å². The van der Waals surface area contributed by atoms with Gasteiger partial charge in [-0.3, -0.25) is 4.79 Å². The van der Waals surface area contributed by atoms with Crippen molar-refractivity contribution >= 4 is 16.7 Å². The van der Waals surface area contributed by atoms with Crippen LogP contribution in [0.5, 0.6) is 5.88 Å². The number of quaternary nitrogens is 1. The number of hydrogen-bond acceptors (Lipinski definition) is 4. The zero-order valence-corrected chi connectivity index (χ0v) is 23.1. The molecule has 1 aromatic heterocycles. The zero-order chi connectivity index (χ0) is 28.2. The predicted molar refractivity (Wildman–Crippen MR) is 148 cm³/mol. The molecule has 1 saturated carbocycles. The molecular weight excluding hydrogens is 500 g/mol. The highest BCUT2D eigenvalue weighted by molar-refractivity contribution is 5.87. The maximum atomic E-state index is 13.7. The van der Waals surface area contributed by atoms with E-state index >= 15 is 0 Å². The molecule has 1 aliphatic rings. The van der Waals surface area contributed by atoms with E-state index in [-0.39, 0.29) is 12.3 Å². The number of nitrogens with two attached hydrogens (primary N) is 1. The number of pyridine rings is 1. The molecule has 2 aromatic carbocycles. The van der Waals surface area contributed by atoms with Gasteiger partial charge in [-0.2, -0.15) is 0 Å². The molecule has 0 aliphatic heterocycles. The van der Waals surface area contributed by atoms with E-state index in [9.17, 15) is 18.7 Å². The van der Waals surface area contributed by atoms with Crippen LogP contribution in [0.1, 0.15) is 50.3 Å². The molecule has 3 atom stereocenters. The first-order valence-electron chi connectivity index (χ1n) is 13.8. The number of halogens is 2. The van der Waals surface area contributed by atoms with E-state index in [2.05, 4.69) is 19.1 Å². The van der Waals surface area contributed by atoms with Crippen molar-refractivity contribution in [2.45, 2.75) is 63.5 Å². The summed E-state index contributed by atoms with van der Waals surface area (Å²) in [5.41, 5.74) is 5.68. The van der Waals surface area contributed by atoms with Gasteiger partial charge in [0.25, 0.3) is 5.91 Å². The minimum Gasteiger partial charge on any atom is -0.471 e. The lowest BCUT2D eigenvalue weighted by atomic mass is 9.71. The van der Waals surface area contributed by atoms with Crippen LogP contribution in [0.2, 0.25) is 0 Å². The number of benzene rings is 2. The van der Waals surface area contributed by atoms with Crippen LogP contribution in [0.15, 0.2) is 48.5 Å². The second-order valence-corrected chi connectivity index (χ2v) is 11.5. The van der Waals surface area contributed by atoms with Crippen LogP contribution in [0.25, 0.3) is 10.8 Å². The molecule has 39 heavy (non-hydrogen) atoms. The van der Waals surface area contributed by atoms with Crippen molar-refractivity contribution in [2.75, 3.05) is 27.2 Å². The van der Waals surface area contributed by atoms with Crippen LogP contribution in [-0.4, -0.2) is 59.4 Å². The molecule has 6 nitrogen and oxygen atoms in total. The van der Waals surface area contributed by atoms with Crippen LogP contribution < -0.4 is 10.5 Å². The molecule has 1 fully saturated rings. The van der Waals surface area contributed by atoms with Gasteiger partial charge < -0.3 is 20.1 Å². The monoisotopic (exact) mass is 540 g/mol. The van der Waals surface area contributed by atoms with Gasteiger partial charge in [-0.1, -0.05) is 37.6 Å². The van der Waals surface area contributed by atoms with Gasteiger partial charge in [0.2, 0.25) is 5.88 Å². The topological polar surface area (TPSA) is 85.4 Å². The zero-order valence-electron chi connectivity index (χ0n) is 23.1. The van der Waals surface area contributed by atoms with Crippen molar-refractivity contribution in [1.82, 2.24) is 4.98 Å². The molecule has 3 N–H and O–H groups in total. The fourth-order valence-electron chi connectivity index (χ4n) is 6.03. The van der Waals surface area contributed by atoms with Crippen molar-refractivity contribution in [3.8, 4) is 5.88 Å². The summed E-state index contributed by atoms with van der Waals surface area (Å²) < 4.78 is 33.6. The first-order valence-corrected chi connectivity index (χ1v) is 13.8. The Morgan fingerprint density at radius 2 is 1.92 bits per heavy atom. The molecule has 0 spiro atoms. The number of fused-ring (bicyclic) bond motifs is 1. The average molecular weight is 541 g/mol. The smallest absolute Gasteiger partial charge is 0.255 e. The van der Waals surface area contributed by atoms with Gasteiger partial charge in [0.1, 0.15) is 19.2 Å². The number of aliphatic hydroxyl groups is 1. The van der Waals surface area contributed by atoms with Gasteiger partial charge in [-0.25, -0.2) is 13.8 Å². The molecule has 1 unspecified atom stereocenters. The van der Waals surface area contributed by atoms with E-state index < -0.39 is 29.2 Å². The third-order valence-corrected chi connectivity index (χ3v) is 8.23. The first-order chi connectivity index (χ1) is 18.5. The number of unbranched alkanes of at least 4 members (excludes halogenated alkanes) is 1. The number of nitrogens with zero attached hydrogens (tertiary/aromatic N) is 2. The van der Waals surface area contributed by atoms with Crippen LogP contribution in [0, 0.1) is 17.6 Å². The number of rotatable bonds is 11. The fraction of sp³-hybridized carbons (Fsp3) is 0.484. The summed E-state index contributed by atoms with van der Waals surface area (Å²) >= 11 is 0. The molecule has 3 aromatic rings. The van der Waals surface area contributed by atoms with Crippen molar-refractivity contribution in [2.24, 2.45) is 11.7 Å². The van der Waals surface area contributed by atoms with Crippen LogP contribution >= 0.6 is 0 Å². The summed E-state index contributed by atoms with van der Waals surface area (Å²) in [6, 6.07) is 13.5. The van der Waals surface area contributed by atoms with Crippen molar-refractivity contribution in [1.29, 1.82) is 0 Å². The van der Waals surface area contributed by atoms with Crippen molar-refractivity contribution in [3.63, 3.8) is 0 Å². The minimum absolute atomic E-state index is 0.0821. The van der Waals surface area contributed by atoms with Crippen LogP contribution in [-0.2, 0) is 17.6 Å². The maximum Gasteiger partial charge on any atom is 0.255 e. The lowest BCUT2D eigenvalue weighted by molar-refractivity contribution is -0.922. The van der Waals surface area contributed by atoms with Crippen LogP contribution in [0.4, 0.5) is 8.78 Å². The van der Waals surface area contributed by atoms with Gasteiger partial charge in [-0.05, 0) is 73.2 Å². The standard InChI is InChI=1S/C31H39F2N3O3/c1-4-5-9-24-19-23-8-6-7-10-25(23)29(35-24)39-16-15-36(2,3)28-14-12-22(20-31(28,38)30(34)37)17-21-11-13-26(32)27(33)18-21/h6-8,10-11,13,18-19,22,28,38H,4-5,9,12,14-17,20H2,1-3H3,(H-,34,37)/p+1/t22?,28-,31-/m0/s1. The molecule has 0 radical (unpaired) electrons.